The minimum atomic E-state index is -0.925. The van der Waals surface area contributed by atoms with E-state index in [2.05, 4.69) is 15.3 Å². The van der Waals surface area contributed by atoms with Gasteiger partial charge in [0.2, 0.25) is 0 Å². The van der Waals surface area contributed by atoms with Crippen molar-refractivity contribution in [1.29, 1.82) is 0 Å². The molecule has 0 saturated carbocycles. The predicted octanol–water partition coefficient (Wildman–Crippen LogP) is 3.42. The first-order chi connectivity index (χ1) is 13.3. The van der Waals surface area contributed by atoms with Crippen molar-refractivity contribution in [3.05, 3.63) is 58.6 Å². The molecule has 2 atom stereocenters. The zero-order valence-electron chi connectivity index (χ0n) is 15.0. The number of rotatable bonds is 3. The zero-order chi connectivity index (χ0) is 19.9. The number of thioether (sulfide) groups is 1. The topological polar surface area (TPSA) is 89.6 Å². The maximum Gasteiger partial charge on any atom is 0.274 e. The third-order valence-corrected chi connectivity index (χ3v) is 6.59. The van der Waals surface area contributed by atoms with Crippen molar-refractivity contribution in [3.63, 3.8) is 0 Å². The average Bonchev–Trinajstić information content (AvgIpc) is 3.01. The van der Waals surface area contributed by atoms with Crippen molar-refractivity contribution in [2.24, 2.45) is 16.1 Å². The van der Waals surface area contributed by atoms with Crippen LogP contribution < -0.4 is 11.1 Å². The Bertz CT molecular complexity index is 971. The molecule has 1 aromatic heterocycles. The van der Waals surface area contributed by atoms with Crippen LogP contribution >= 0.6 is 23.4 Å². The largest absolute Gasteiger partial charge is 0.379 e. The van der Waals surface area contributed by atoms with Gasteiger partial charge in [-0.15, -0.1) is 0 Å². The fraction of sp³-hybridized carbons (Fsp3) is 0.316. The van der Waals surface area contributed by atoms with Gasteiger partial charge < -0.3 is 15.8 Å². The van der Waals surface area contributed by atoms with E-state index in [0.29, 0.717) is 33.8 Å². The van der Waals surface area contributed by atoms with Crippen LogP contribution in [0.5, 0.6) is 0 Å². The molecule has 1 aromatic carbocycles. The molecule has 1 saturated heterocycles. The van der Waals surface area contributed by atoms with Crippen molar-refractivity contribution in [2.75, 3.05) is 24.3 Å². The normalized spacial score (nSPS) is 26.5. The number of amides is 1. The van der Waals surface area contributed by atoms with Crippen LogP contribution in [0, 0.1) is 11.2 Å². The second-order valence-corrected chi connectivity index (χ2v) is 8.59. The van der Waals surface area contributed by atoms with E-state index in [4.69, 9.17) is 22.1 Å². The summed E-state index contributed by atoms with van der Waals surface area (Å²) in [6.45, 7) is 2.71. The highest BCUT2D eigenvalue weighted by atomic mass is 35.5. The number of nitrogens with one attached hydrogen (secondary N) is 1. The molecule has 0 spiro atoms. The summed E-state index contributed by atoms with van der Waals surface area (Å²) in [5.74, 6) is -0.158. The number of carbonyl (C=O) groups excluding carboxylic acids is 1. The van der Waals surface area contributed by atoms with Crippen molar-refractivity contribution in [2.45, 2.75) is 12.5 Å². The van der Waals surface area contributed by atoms with Gasteiger partial charge in [-0.25, -0.2) is 14.4 Å². The molecule has 3 N–H and O–H groups in total. The quantitative estimate of drug-likeness (QED) is 0.794. The van der Waals surface area contributed by atoms with E-state index >= 15 is 0 Å². The second-order valence-electron chi connectivity index (χ2n) is 7.16. The lowest BCUT2D eigenvalue weighted by molar-refractivity contribution is 0.102. The monoisotopic (exact) mass is 420 g/mol. The number of nitrogens with zero attached hydrogens (tertiary/aromatic N) is 2. The summed E-state index contributed by atoms with van der Waals surface area (Å²) in [7, 11) is 0. The lowest BCUT2D eigenvalue weighted by Crippen LogP contribution is -2.48. The molecule has 146 valence electrons. The summed E-state index contributed by atoms with van der Waals surface area (Å²) >= 11 is 7.25. The Morgan fingerprint density at radius 2 is 2.18 bits per heavy atom. The SMILES string of the molecule is C[C@@]12COC[C@]1(c1cc(NC(=O)c3ccc(Cl)cn3)ccc1F)N=C(N)SC2. The van der Waals surface area contributed by atoms with Crippen molar-refractivity contribution >= 4 is 40.1 Å². The molecule has 2 aliphatic rings. The molecular formula is C19H18ClFN4O2S. The van der Waals surface area contributed by atoms with Crippen LogP contribution in [0.4, 0.5) is 10.1 Å². The standard InChI is InChI=1S/C19H18ClFN4O2S/c1-18-8-27-9-19(18,25-17(22)28-10-18)13-6-12(3-4-14(13)21)24-16(26)15-5-2-11(20)7-23-15/h2-7H,8-10H2,1H3,(H2,22,25)(H,24,26)/t18-,19+/m0/s1. The fourth-order valence-electron chi connectivity index (χ4n) is 3.59. The molecule has 1 amide bonds. The van der Waals surface area contributed by atoms with Crippen LogP contribution in [0.1, 0.15) is 23.0 Å². The molecule has 4 rings (SSSR count). The van der Waals surface area contributed by atoms with Crippen LogP contribution in [-0.4, -0.2) is 35.0 Å². The van der Waals surface area contributed by atoms with E-state index in [1.54, 1.807) is 12.1 Å². The Morgan fingerprint density at radius 3 is 2.93 bits per heavy atom. The Hall–Kier alpha value is -2.16. The van der Waals surface area contributed by atoms with Crippen molar-refractivity contribution < 1.29 is 13.9 Å². The first kappa shape index (κ1) is 19.2. The van der Waals surface area contributed by atoms with Gasteiger partial charge in [-0.2, -0.15) is 0 Å². The third-order valence-electron chi connectivity index (χ3n) is 5.20. The Morgan fingerprint density at radius 1 is 1.36 bits per heavy atom. The Balaban J connectivity index is 1.70. The van der Waals surface area contributed by atoms with Gasteiger partial charge >= 0.3 is 0 Å². The third kappa shape index (κ3) is 3.15. The van der Waals surface area contributed by atoms with E-state index in [1.165, 1.54) is 36.2 Å². The Labute approximate surface area is 170 Å². The first-order valence-electron chi connectivity index (χ1n) is 8.62. The highest BCUT2D eigenvalue weighted by Crippen LogP contribution is 2.53. The molecule has 9 heteroatoms. The molecule has 0 bridgehead atoms. The van der Waals surface area contributed by atoms with Gasteiger partial charge in [-0.3, -0.25) is 4.79 Å². The molecule has 0 aliphatic carbocycles. The molecule has 2 aromatic rings. The first-order valence-corrected chi connectivity index (χ1v) is 9.98. The molecule has 1 fully saturated rings. The lowest BCUT2D eigenvalue weighted by atomic mass is 9.70. The van der Waals surface area contributed by atoms with Crippen LogP contribution in [0.2, 0.25) is 5.02 Å². The number of hydrogen-bond acceptors (Lipinski definition) is 6. The molecule has 0 unspecified atom stereocenters. The number of ether oxygens (including phenoxy) is 1. The van der Waals surface area contributed by atoms with Gasteiger partial charge in [0.1, 0.15) is 17.1 Å². The average molecular weight is 421 g/mol. The number of aliphatic imine (C=N–C) groups is 1. The minimum absolute atomic E-state index is 0.207. The van der Waals surface area contributed by atoms with E-state index in [9.17, 15) is 9.18 Å². The summed E-state index contributed by atoms with van der Waals surface area (Å²) in [6.07, 6.45) is 1.39. The van der Waals surface area contributed by atoms with Crippen LogP contribution in [0.3, 0.4) is 0 Å². The maximum atomic E-state index is 14.9. The number of aromatic nitrogens is 1. The maximum absolute atomic E-state index is 14.9. The van der Waals surface area contributed by atoms with Crippen LogP contribution in [-0.2, 0) is 10.3 Å². The number of pyridine rings is 1. The highest BCUT2D eigenvalue weighted by molar-refractivity contribution is 8.13. The van der Waals surface area contributed by atoms with E-state index in [0.717, 1.165) is 0 Å². The highest BCUT2D eigenvalue weighted by Gasteiger charge is 2.57. The molecular weight excluding hydrogens is 403 g/mol. The van der Waals surface area contributed by atoms with Crippen LogP contribution in [0.25, 0.3) is 0 Å². The van der Waals surface area contributed by atoms with Gasteiger partial charge in [0.25, 0.3) is 5.91 Å². The zero-order valence-corrected chi connectivity index (χ0v) is 16.6. The van der Waals surface area contributed by atoms with Gasteiger partial charge in [-0.1, -0.05) is 30.3 Å². The fourth-order valence-corrected chi connectivity index (χ4v) is 4.71. The van der Waals surface area contributed by atoms with Crippen LogP contribution in [0.15, 0.2) is 41.5 Å². The summed E-state index contributed by atoms with van der Waals surface area (Å²) < 4.78 is 20.6. The number of hydrogen-bond donors (Lipinski definition) is 2. The molecule has 28 heavy (non-hydrogen) atoms. The van der Waals surface area contributed by atoms with Crippen molar-refractivity contribution in [3.8, 4) is 0 Å². The number of halogens is 2. The van der Waals surface area contributed by atoms with Gasteiger partial charge in [0.05, 0.1) is 18.2 Å². The molecule has 6 nitrogen and oxygen atoms in total. The minimum Gasteiger partial charge on any atom is -0.379 e. The molecule has 3 heterocycles. The number of anilines is 1. The van der Waals surface area contributed by atoms with Gasteiger partial charge in [0, 0.05) is 28.6 Å². The number of nitrogens with two attached hydrogens (primary N) is 1. The number of fused-ring (bicyclic) bond motifs is 1. The number of benzene rings is 1. The Kier molecular flexibility index (Phi) is 4.81. The van der Waals surface area contributed by atoms with Gasteiger partial charge in [0.15, 0.2) is 5.17 Å². The van der Waals surface area contributed by atoms with E-state index in [-0.39, 0.29) is 12.3 Å². The smallest absolute Gasteiger partial charge is 0.274 e. The van der Waals surface area contributed by atoms with Gasteiger partial charge in [-0.05, 0) is 30.3 Å². The number of amidine groups is 1. The lowest BCUT2D eigenvalue weighted by Gasteiger charge is -2.42. The summed E-state index contributed by atoms with van der Waals surface area (Å²) in [5, 5.41) is 3.59. The summed E-state index contributed by atoms with van der Waals surface area (Å²) in [5.41, 5.74) is 5.65. The summed E-state index contributed by atoms with van der Waals surface area (Å²) in [6, 6.07) is 7.52. The van der Waals surface area contributed by atoms with E-state index < -0.39 is 22.7 Å². The second kappa shape index (κ2) is 7.02. The van der Waals surface area contributed by atoms with Crippen molar-refractivity contribution in [1.82, 2.24) is 4.98 Å². The number of carbonyl (C=O) groups is 1. The predicted molar refractivity (Wildman–Crippen MR) is 108 cm³/mol. The molecule has 2 aliphatic heterocycles. The summed E-state index contributed by atoms with van der Waals surface area (Å²) in [4.78, 5) is 21.1. The molecule has 0 radical (unpaired) electrons. The van der Waals surface area contributed by atoms with E-state index in [1.807, 2.05) is 6.92 Å².